The van der Waals surface area contributed by atoms with Crippen LogP contribution in [0, 0.1) is 0 Å². The van der Waals surface area contributed by atoms with Gasteiger partial charge in [0.2, 0.25) is 11.7 Å². The molecular weight excluding hydrogens is 258 g/mol. The van der Waals surface area contributed by atoms with E-state index in [1.54, 1.807) is 11.8 Å². The maximum Gasteiger partial charge on any atom is 0.231 e. The Labute approximate surface area is 117 Å². The number of nitrogens with two attached hydrogens (primary N) is 1. The Hall–Kier alpha value is -1.33. The molecule has 0 bridgehead atoms. The fourth-order valence-corrected chi connectivity index (χ4v) is 2.22. The first kappa shape index (κ1) is 14.1. The number of aromatic nitrogens is 2. The fraction of sp³-hybridized carbons (Fsp3) is 0.429. The molecule has 2 aromatic rings. The average molecular weight is 277 g/mol. The van der Waals surface area contributed by atoms with Crippen LogP contribution in [0.3, 0.4) is 0 Å². The summed E-state index contributed by atoms with van der Waals surface area (Å²) >= 11 is 1.71. The number of rotatable bonds is 5. The van der Waals surface area contributed by atoms with Gasteiger partial charge < -0.3 is 10.3 Å². The normalized spacial score (nSPS) is 14.3. The molecule has 19 heavy (non-hydrogen) atoms. The van der Waals surface area contributed by atoms with Gasteiger partial charge in [-0.15, -0.1) is 11.8 Å². The van der Waals surface area contributed by atoms with Gasteiger partial charge in [-0.05, 0) is 36.9 Å². The van der Waals surface area contributed by atoms with Crippen molar-refractivity contribution in [2.75, 3.05) is 6.26 Å². The van der Waals surface area contributed by atoms with Crippen molar-refractivity contribution in [1.82, 2.24) is 10.1 Å². The SMILES string of the molecule is CCC(N)C(C)c1nc(-c2ccc(SC)cc2)no1. The lowest BCUT2D eigenvalue weighted by atomic mass is 10.0. The minimum absolute atomic E-state index is 0.0483. The molecule has 0 aliphatic rings. The van der Waals surface area contributed by atoms with E-state index in [0.717, 1.165) is 12.0 Å². The minimum Gasteiger partial charge on any atom is -0.339 e. The molecule has 0 spiro atoms. The summed E-state index contributed by atoms with van der Waals surface area (Å²) in [6.07, 6.45) is 2.94. The first-order valence-corrected chi connectivity index (χ1v) is 7.61. The molecular formula is C14H19N3OS. The average Bonchev–Trinajstić information content (AvgIpc) is 2.95. The van der Waals surface area contributed by atoms with Crippen molar-refractivity contribution < 1.29 is 4.52 Å². The molecule has 2 unspecified atom stereocenters. The third-order valence-electron chi connectivity index (χ3n) is 3.29. The fourth-order valence-electron chi connectivity index (χ4n) is 1.81. The molecule has 1 aromatic carbocycles. The number of hydrogen-bond donors (Lipinski definition) is 1. The largest absolute Gasteiger partial charge is 0.339 e. The van der Waals surface area contributed by atoms with Crippen LogP contribution in [-0.4, -0.2) is 22.4 Å². The maximum absolute atomic E-state index is 6.00. The van der Waals surface area contributed by atoms with Gasteiger partial charge in [-0.3, -0.25) is 0 Å². The van der Waals surface area contributed by atoms with E-state index in [4.69, 9.17) is 10.3 Å². The molecule has 1 heterocycles. The van der Waals surface area contributed by atoms with E-state index >= 15 is 0 Å². The van der Waals surface area contributed by atoms with Gasteiger partial charge in [0, 0.05) is 16.5 Å². The van der Waals surface area contributed by atoms with E-state index < -0.39 is 0 Å². The third kappa shape index (κ3) is 3.16. The van der Waals surface area contributed by atoms with Crippen molar-refractivity contribution in [3.63, 3.8) is 0 Å². The topological polar surface area (TPSA) is 64.9 Å². The molecule has 1 aromatic heterocycles. The number of nitrogens with zero attached hydrogens (tertiary/aromatic N) is 2. The van der Waals surface area contributed by atoms with Crippen molar-refractivity contribution in [3.8, 4) is 11.4 Å². The smallest absolute Gasteiger partial charge is 0.231 e. The summed E-state index contributed by atoms with van der Waals surface area (Å²) in [6.45, 7) is 4.07. The summed E-state index contributed by atoms with van der Waals surface area (Å²) in [5, 5.41) is 4.03. The number of thioether (sulfide) groups is 1. The summed E-state index contributed by atoms with van der Waals surface area (Å²) in [5.74, 6) is 1.31. The molecule has 2 atom stereocenters. The molecule has 102 valence electrons. The van der Waals surface area contributed by atoms with Crippen LogP contribution >= 0.6 is 11.8 Å². The zero-order valence-corrected chi connectivity index (χ0v) is 12.3. The van der Waals surface area contributed by atoms with E-state index in [9.17, 15) is 0 Å². The first-order chi connectivity index (χ1) is 9.15. The van der Waals surface area contributed by atoms with Crippen LogP contribution in [-0.2, 0) is 0 Å². The molecule has 4 nitrogen and oxygen atoms in total. The van der Waals surface area contributed by atoms with E-state index in [0.29, 0.717) is 11.7 Å². The quantitative estimate of drug-likeness (QED) is 0.849. The molecule has 0 aliphatic carbocycles. The van der Waals surface area contributed by atoms with Gasteiger partial charge in [0.05, 0.1) is 5.92 Å². The van der Waals surface area contributed by atoms with Crippen molar-refractivity contribution in [2.24, 2.45) is 5.73 Å². The lowest BCUT2D eigenvalue weighted by Gasteiger charge is -2.13. The molecule has 2 rings (SSSR count). The van der Waals surface area contributed by atoms with E-state index in [1.165, 1.54) is 4.90 Å². The summed E-state index contributed by atoms with van der Waals surface area (Å²) in [5.41, 5.74) is 6.97. The van der Waals surface area contributed by atoms with Crippen LogP contribution in [0.15, 0.2) is 33.7 Å². The minimum atomic E-state index is 0.0483. The van der Waals surface area contributed by atoms with Crippen LogP contribution in [0.5, 0.6) is 0 Å². The highest BCUT2D eigenvalue weighted by atomic mass is 32.2. The maximum atomic E-state index is 6.00. The van der Waals surface area contributed by atoms with Gasteiger partial charge in [-0.1, -0.05) is 19.0 Å². The van der Waals surface area contributed by atoms with Crippen molar-refractivity contribution >= 4 is 11.8 Å². The van der Waals surface area contributed by atoms with Crippen molar-refractivity contribution in [1.29, 1.82) is 0 Å². The predicted octanol–water partition coefficient (Wildman–Crippen LogP) is 3.30. The highest BCUT2D eigenvalue weighted by molar-refractivity contribution is 7.98. The van der Waals surface area contributed by atoms with E-state index in [2.05, 4.69) is 35.5 Å². The summed E-state index contributed by atoms with van der Waals surface area (Å²) in [7, 11) is 0. The Morgan fingerprint density at radius 3 is 2.58 bits per heavy atom. The summed E-state index contributed by atoms with van der Waals surface area (Å²) in [6, 6.07) is 8.16. The van der Waals surface area contributed by atoms with Gasteiger partial charge in [-0.2, -0.15) is 4.98 Å². The van der Waals surface area contributed by atoms with Crippen LogP contribution in [0.1, 0.15) is 32.1 Å². The molecule has 0 amide bonds. The second-order valence-electron chi connectivity index (χ2n) is 4.55. The predicted molar refractivity (Wildman–Crippen MR) is 78.2 cm³/mol. The third-order valence-corrected chi connectivity index (χ3v) is 4.04. The van der Waals surface area contributed by atoms with Crippen molar-refractivity contribution in [2.45, 2.75) is 37.1 Å². The molecule has 2 N–H and O–H groups in total. The monoisotopic (exact) mass is 277 g/mol. The van der Waals surface area contributed by atoms with Crippen LogP contribution in [0.4, 0.5) is 0 Å². The van der Waals surface area contributed by atoms with Crippen LogP contribution in [0.25, 0.3) is 11.4 Å². The van der Waals surface area contributed by atoms with Gasteiger partial charge in [0.1, 0.15) is 0 Å². The Bertz CT molecular complexity index is 524. The molecule has 0 aliphatic heterocycles. The van der Waals surface area contributed by atoms with Crippen LogP contribution < -0.4 is 5.73 Å². The van der Waals surface area contributed by atoms with Crippen LogP contribution in [0.2, 0.25) is 0 Å². The highest BCUT2D eigenvalue weighted by Gasteiger charge is 2.20. The Balaban J connectivity index is 2.20. The molecule has 0 saturated heterocycles. The lowest BCUT2D eigenvalue weighted by molar-refractivity contribution is 0.340. The molecule has 5 heteroatoms. The van der Waals surface area contributed by atoms with E-state index in [1.807, 2.05) is 19.1 Å². The Morgan fingerprint density at radius 1 is 1.32 bits per heavy atom. The number of hydrogen-bond acceptors (Lipinski definition) is 5. The molecule has 0 fully saturated rings. The second kappa shape index (κ2) is 6.21. The van der Waals surface area contributed by atoms with Gasteiger partial charge in [0.15, 0.2) is 0 Å². The summed E-state index contributed by atoms with van der Waals surface area (Å²) < 4.78 is 5.31. The second-order valence-corrected chi connectivity index (χ2v) is 5.43. The zero-order chi connectivity index (χ0) is 13.8. The van der Waals surface area contributed by atoms with Crippen molar-refractivity contribution in [3.05, 3.63) is 30.2 Å². The van der Waals surface area contributed by atoms with Gasteiger partial charge in [0.25, 0.3) is 0 Å². The summed E-state index contributed by atoms with van der Waals surface area (Å²) in [4.78, 5) is 5.66. The van der Waals surface area contributed by atoms with Gasteiger partial charge in [-0.25, -0.2) is 0 Å². The highest BCUT2D eigenvalue weighted by Crippen LogP contribution is 2.24. The lowest BCUT2D eigenvalue weighted by Crippen LogP contribution is -2.25. The Kier molecular flexibility index (Phi) is 4.61. The van der Waals surface area contributed by atoms with Gasteiger partial charge >= 0.3 is 0 Å². The zero-order valence-electron chi connectivity index (χ0n) is 11.5. The van der Waals surface area contributed by atoms with E-state index in [-0.39, 0.29) is 12.0 Å². The molecule has 0 saturated carbocycles. The molecule has 0 radical (unpaired) electrons. The first-order valence-electron chi connectivity index (χ1n) is 6.39. The Morgan fingerprint density at radius 2 is 2.00 bits per heavy atom. The number of benzene rings is 1. The standard InChI is InChI=1S/C14H19N3OS/c1-4-12(15)9(2)14-16-13(17-18-14)10-5-7-11(19-3)8-6-10/h5-9,12H,4,15H2,1-3H3.